The fourth-order valence-electron chi connectivity index (χ4n) is 8.43. The first-order valence-corrected chi connectivity index (χ1v) is 15.9. The van der Waals surface area contributed by atoms with Gasteiger partial charge in [-0.25, -0.2) is 8.78 Å². The Kier molecular flexibility index (Phi) is 7.09. The summed E-state index contributed by atoms with van der Waals surface area (Å²) in [5.74, 6) is -8.39. The number of nitrogens with one attached hydrogen (secondary N) is 1. The lowest BCUT2D eigenvalue weighted by atomic mass is 9.49. The van der Waals surface area contributed by atoms with Crippen LogP contribution < -0.4 is 5.43 Å². The lowest BCUT2D eigenvalue weighted by molar-refractivity contribution is -0.146. The zero-order valence-corrected chi connectivity index (χ0v) is 26.6. The van der Waals surface area contributed by atoms with Crippen LogP contribution in [0.4, 0.5) is 14.5 Å². The summed E-state index contributed by atoms with van der Waals surface area (Å²) in [6.45, 7) is 5.35. The number of nitrogens with zero attached hydrogens (tertiary/aromatic N) is 2. The molecule has 3 fully saturated rings. The number of amides is 4. The van der Waals surface area contributed by atoms with Crippen LogP contribution in [0.2, 0.25) is 5.02 Å². The van der Waals surface area contributed by atoms with E-state index in [9.17, 15) is 23.9 Å². The minimum Gasteiger partial charge on any atom is -0.505 e. The molecule has 242 valence electrons. The third-order valence-corrected chi connectivity index (χ3v) is 10.5. The molecule has 47 heavy (non-hydrogen) atoms. The van der Waals surface area contributed by atoms with Crippen molar-refractivity contribution >= 4 is 40.9 Å². The minimum absolute atomic E-state index is 0.0331. The number of anilines is 1. The van der Waals surface area contributed by atoms with E-state index in [1.54, 1.807) is 45.0 Å². The van der Waals surface area contributed by atoms with Gasteiger partial charge in [0.1, 0.15) is 5.82 Å². The fraction of sp³-hybridized carbons (Fsp3) is 0.333. The van der Waals surface area contributed by atoms with Crippen molar-refractivity contribution < 1.29 is 33.1 Å². The number of phenols is 1. The molecule has 8 nitrogen and oxygen atoms in total. The Morgan fingerprint density at radius 3 is 2.23 bits per heavy atom. The van der Waals surface area contributed by atoms with Gasteiger partial charge in [0.05, 0.1) is 28.9 Å². The van der Waals surface area contributed by atoms with E-state index in [0.29, 0.717) is 16.2 Å². The maximum Gasteiger partial charge on any atom is 0.260 e. The average Bonchev–Trinajstić information content (AvgIpc) is 3.41. The lowest BCUT2D eigenvalue weighted by Crippen LogP contribution is -2.53. The van der Waals surface area contributed by atoms with Gasteiger partial charge in [-0.1, -0.05) is 47.5 Å². The SMILES string of the molecule is CC(C)(C)N1C(=O)C2CC=C3C(CC4C(=O)N(Nc5ccc(F)cc5)C(=O)C4(c4ccc(Cl)cc4)C3c3cccc(F)c3O)C2C1=O. The number of rotatable bonds is 4. The standard InChI is InChI=1S/C36H32ClF2N3O5/c1-35(2,3)41-31(44)23-16-15-22-25(28(23)33(41)46)17-26-32(45)42(40-21-13-11-20(38)12-14-21)34(47)36(26,18-7-9-19(37)10-8-18)29(22)24-5-4-6-27(39)30(24)43/h4-15,23,25-26,28-29,40,43H,16-17H2,1-3H3. The molecular formula is C36H32ClF2N3O5. The van der Waals surface area contributed by atoms with Crippen LogP contribution in [0.5, 0.6) is 5.75 Å². The lowest BCUT2D eigenvalue weighted by Gasteiger charge is -2.50. The second-order valence-corrected chi connectivity index (χ2v) is 14.2. The number of allylic oxidation sites excluding steroid dienone is 2. The molecule has 2 heterocycles. The van der Waals surface area contributed by atoms with Crippen molar-refractivity contribution in [1.29, 1.82) is 0 Å². The molecule has 0 radical (unpaired) electrons. The van der Waals surface area contributed by atoms with Crippen molar-refractivity contribution in [2.75, 3.05) is 5.43 Å². The molecule has 6 unspecified atom stereocenters. The molecular weight excluding hydrogens is 628 g/mol. The largest absolute Gasteiger partial charge is 0.505 e. The average molecular weight is 660 g/mol. The molecule has 2 aliphatic carbocycles. The maximum absolute atomic E-state index is 15.2. The van der Waals surface area contributed by atoms with E-state index in [1.807, 2.05) is 6.08 Å². The number of phenolic OH excluding ortho intramolecular Hbond substituents is 1. The Morgan fingerprint density at radius 2 is 1.57 bits per heavy atom. The highest BCUT2D eigenvalue weighted by atomic mass is 35.5. The van der Waals surface area contributed by atoms with E-state index in [1.165, 1.54) is 41.3 Å². The van der Waals surface area contributed by atoms with E-state index in [0.717, 1.165) is 11.1 Å². The number of hydrazine groups is 1. The monoisotopic (exact) mass is 659 g/mol. The molecule has 0 bridgehead atoms. The minimum atomic E-state index is -1.72. The summed E-state index contributed by atoms with van der Waals surface area (Å²) in [5, 5.41) is 12.5. The predicted molar refractivity (Wildman–Crippen MR) is 169 cm³/mol. The third-order valence-electron chi connectivity index (χ3n) is 10.3. The second kappa shape index (κ2) is 10.7. The van der Waals surface area contributed by atoms with Crippen molar-refractivity contribution in [3.63, 3.8) is 0 Å². The molecule has 2 aliphatic heterocycles. The Morgan fingerprint density at radius 1 is 0.894 bits per heavy atom. The quantitative estimate of drug-likeness (QED) is 0.259. The van der Waals surface area contributed by atoms with Crippen molar-refractivity contribution in [3.05, 3.63) is 106 Å². The van der Waals surface area contributed by atoms with Gasteiger partial charge >= 0.3 is 0 Å². The highest BCUT2D eigenvalue weighted by Crippen LogP contribution is 2.65. The van der Waals surface area contributed by atoms with Crippen LogP contribution >= 0.6 is 11.6 Å². The van der Waals surface area contributed by atoms with E-state index in [4.69, 9.17) is 11.6 Å². The topological polar surface area (TPSA) is 107 Å². The molecule has 0 aromatic heterocycles. The molecule has 3 aromatic carbocycles. The smallest absolute Gasteiger partial charge is 0.260 e. The number of halogens is 3. The summed E-state index contributed by atoms with van der Waals surface area (Å²) in [4.78, 5) is 58.7. The molecule has 6 atom stereocenters. The number of carbonyl (C=O) groups excluding carboxylic acids is 4. The molecule has 7 rings (SSSR count). The van der Waals surface area contributed by atoms with Crippen LogP contribution in [0.3, 0.4) is 0 Å². The highest BCUT2D eigenvalue weighted by Gasteiger charge is 2.71. The summed E-state index contributed by atoms with van der Waals surface area (Å²) in [7, 11) is 0. The molecule has 4 amide bonds. The van der Waals surface area contributed by atoms with Crippen LogP contribution in [-0.2, 0) is 24.6 Å². The number of imide groups is 2. The normalized spacial score (nSPS) is 28.6. The fourth-order valence-corrected chi connectivity index (χ4v) is 8.55. The highest BCUT2D eigenvalue weighted by molar-refractivity contribution is 6.30. The van der Waals surface area contributed by atoms with Gasteiger partial charge in [-0.2, -0.15) is 5.01 Å². The molecule has 3 aromatic rings. The van der Waals surface area contributed by atoms with Gasteiger partial charge in [0.25, 0.3) is 11.8 Å². The van der Waals surface area contributed by atoms with E-state index >= 15 is 9.18 Å². The molecule has 11 heteroatoms. The van der Waals surface area contributed by atoms with Crippen LogP contribution in [0.15, 0.2) is 78.4 Å². The second-order valence-electron chi connectivity index (χ2n) is 13.7. The van der Waals surface area contributed by atoms with Gasteiger partial charge in [-0.3, -0.25) is 29.5 Å². The summed E-state index contributed by atoms with van der Waals surface area (Å²) in [5.41, 5.74) is 1.69. The molecule has 4 aliphatic rings. The number of hydrogen-bond donors (Lipinski definition) is 2. The first kappa shape index (κ1) is 31.1. The Bertz CT molecular complexity index is 1870. The first-order chi connectivity index (χ1) is 22.3. The van der Waals surface area contributed by atoms with Crippen LogP contribution in [-0.4, -0.2) is 44.2 Å². The molecule has 2 saturated heterocycles. The van der Waals surface area contributed by atoms with Crippen molar-refractivity contribution in [2.45, 2.75) is 50.5 Å². The molecule has 1 saturated carbocycles. The number of para-hydroxylation sites is 1. The maximum atomic E-state index is 15.2. The number of hydrogen-bond acceptors (Lipinski definition) is 6. The van der Waals surface area contributed by atoms with Crippen LogP contribution in [0.25, 0.3) is 0 Å². The number of fused-ring (bicyclic) bond motifs is 4. The number of likely N-dealkylation sites (tertiary alicyclic amines) is 1. The number of benzene rings is 3. The van der Waals surface area contributed by atoms with E-state index in [2.05, 4.69) is 5.43 Å². The van der Waals surface area contributed by atoms with Crippen molar-refractivity contribution in [1.82, 2.24) is 9.91 Å². The van der Waals surface area contributed by atoms with Gasteiger partial charge in [0.15, 0.2) is 11.6 Å². The zero-order valence-electron chi connectivity index (χ0n) is 25.8. The summed E-state index contributed by atoms with van der Waals surface area (Å²) in [6.07, 6.45) is 2.06. The van der Waals surface area contributed by atoms with E-state index in [-0.39, 0.29) is 35.9 Å². The molecule has 2 N–H and O–H groups in total. The number of aromatic hydroxyl groups is 1. The Hall–Kier alpha value is -4.57. The Labute approximate surface area is 275 Å². The first-order valence-electron chi connectivity index (χ1n) is 15.5. The summed E-state index contributed by atoms with van der Waals surface area (Å²) >= 11 is 6.28. The van der Waals surface area contributed by atoms with Gasteiger partial charge in [-0.05, 0) is 87.6 Å². The van der Waals surface area contributed by atoms with Gasteiger partial charge in [0.2, 0.25) is 11.8 Å². The van der Waals surface area contributed by atoms with Crippen LogP contribution in [0, 0.1) is 35.3 Å². The van der Waals surface area contributed by atoms with Gasteiger partial charge in [-0.15, -0.1) is 0 Å². The zero-order chi connectivity index (χ0) is 33.6. The third kappa shape index (κ3) is 4.44. The van der Waals surface area contributed by atoms with Crippen molar-refractivity contribution in [2.24, 2.45) is 23.7 Å². The van der Waals surface area contributed by atoms with Gasteiger partial charge in [0, 0.05) is 22.0 Å². The Balaban J connectivity index is 1.47. The number of carbonyl (C=O) groups is 4. The summed E-state index contributed by atoms with van der Waals surface area (Å²) in [6, 6.07) is 15.7. The molecule has 0 spiro atoms. The van der Waals surface area contributed by atoms with Gasteiger partial charge < -0.3 is 5.11 Å². The van der Waals surface area contributed by atoms with Crippen molar-refractivity contribution in [3.8, 4) is 5.75 Å². The predicted octanol–water partition coefficient (Wildman–Crippen LogP) is 6.11. The van der Waals surface area contributed by atoms with E-state index < -0.39 is 69.7 Å². The van der Waals surface area contributed by atoms with Crippen LogP contribution in [0.1, 0.15) is 50.7 Å². The summed E-state index contributed by atoms with van der Waals surface area (Å²) < 4.78 is 28.9.